The summed E-state index contributed by atoms with van der Waals surface area (Å²) in [5, 5.41) is 0. The molecule has 2 rings (SSSR count). The molecule has 2 aromatic heterocycles. The Labute approximate surface area is 123 Å². The Balaban J connectivity index is 2.62. The van der Waals surface area contributed by atoms with E-state index in [4.69, 9.17) is 15.2 Å². The van der Waals surface area contributed by atoms with E-state index in [1.54, 1.807) is 6.20 Å². The zero-order valence-corrected chi connectivity index (χ0v) is 12.7. The van der Waals surface area contributed by atoms with E-state index >= 15 is 0 Å². The Kier molecular flexibility index (Phi) is 4.52. The van der Waals surface area contributed by atoms with Crippen LogP contribution in [-0.4, -0.2) is 33.1 Å². The molecule has 0 saturated carbocycles. The summed E-state index contributed by atoms with van der Waals surface area (Å²) in [6.07, 6.45) is 1.67. The molecule has 0 saturated heterocycles. The van der Waals surface area contributed by atoms with Crippen LogP contribution in [-0.2, 0) is 0 Å². The van der Waals surface area contributed by atoms with Crippen LogP contribution in [0.5, 0.6) is 11.9 Å². The largest absolute Gasteiger partial charge is 0.478 e. The highest BCUT2D eigenvalue weighted by Crippen LogP contribution is 2.30. The smallest absolute Gasteiger partial charge is 0.320 e. The number of ether oxygens (including phenoxy) is 2. The van der Waals surface area contributed by atoms with Crippen molar-refractivity contribution in [1.29, 1.82) is 0 Å². The lowest BCUT2D eigenvalue weighted by Crippen LogP contribution is -2.07. The monoisotopic (exact) mass is 289 g/mol. The van der Waals surface area contributed by atoms with Crippen LogP contribution in [0.15, 0.2) is 6.20 Å². The summed E-state index contributed by atoms with van der Waals surface area (Å²) in [6, 6.07) is 0.262. The second-order valence-electron chi connectivity index (χ2n) is 4.41. The van der Waals surface area contributed by atoms with Gasteiger partial charge in [-0.1, -0.05) is 0 Å². The minimum Gasteiger partial charge on any atom is -0.478 e. The third-order valence-electron chi connectivity index (χ3n) is 2.85. The fourth-order valence-electron chi connectivity index (χ4n) is 1.87. The molecule has 0 aromatic carbocycles. The Bertz CT molecular complexity index is 646. The van der Waals surface area contributed by atoms with E-state index in [9.17, 15) is 0 Å². The maximum absolute atomic E-state index is 5.68. The van der Waals surface area contributed by atoms with Crippen molar-refractivity contribution >= 4 is 5.95 Å². The van der Waals surface area contributed by atoms with E-state index < -0.39 is 0 Å². The van der Waals surface area contributed by atoms with Crippen molar-refractivity contribution < 1.29 is 9.47 Å². The van der Waals surface area contributed by atoms with Crippen molar-refractivity contribution in [1.82, 2.24) is 19.9 Å². The second kappa shape index (κ2) is 6.34. The average Bonchev–Trinajstić information content (AvgIpc) is 2.45. The molecule has 112 valence electrons. The molecule has 2 aromatic rings. The van der Waals surface area contributed by atoms with Gasteiger partial charge in [0.05, 0.1) is 18.9 Å². The van der Waals surface area contributed by atoms with Crippen LogP contribution in [0.2, 0.25) is 0 Å². The molecule has 21 heavy (non-hydrogen) atoms. The highest BCUT2D eigenvalue weighted by molar-refractivity contribution is 5.65. The Morgan fingerprint density at radius 2 is 1.71 bits per heavy atom. The molecular formula is C14H19N5O2. The lowest BCUT2D eigenvalue weighted by Gasteiger charge is -2.13. The summed E-state index contributed by atoms with van der Waals surface area (Å²) in [4.78, 5) is 16.9. The highest BCUT2D eigenvalue weighted by atomic mass is 16.5. The van der Waals surface area contributed by atoms with Gasteiger partial charge in [0.25, 0.3) is 0 Å². The summed E-state index contributed by atoms with van der Waals surface area (Å²) in [5.74, 6) is 0.687. The zero-order valence-electron chi connectivity index (χ0n) is 12.7. The lowest BCUT2D eigenvalue weighted by molar-refractivity contribution is 0.288. The van der Waals surface area contributed by atoms with E-state index in [2.05, 4.69) is 19.9 Å². The normalized spacial score (nSPS) is 10.5. The molecule has 7 heteroatoms. The first-order valence-corrected chi connectivity index (χ1v) is 6.80. The van der Waals surface area contributed by atoms with Crippen LogP contribution >= 0.6 is 0 Å². The van der Waals surface area contributed by atoms with Crippen molar-refractivity contribution in [2.24, 2.45) is 0 Å². The summed E-state index contributed by atoms with van der Waals surface area (Å²) < 4.78 is 11.0. The van der Waals surface area contributed by atoms with Gasteiger partial charge in [-0.15, -0.1) is 0 Å². The number of rotatable bonds is 5. The number of aryl methyl sites for hydroxylation is 1. The van der Waals surface area contributed by atoms with E-state index in [1.165, 1.54) is 0 Å². The van der Waals surface area contributed by atoms with Gasteiger partial charge in [0.1, 0.15) is 5.69 Å². The quantitative estimate of drug-likeness (QED) is 0.898. The number of anilines is 1. The number of nitrogens with zero attached hydrogens (tertiary/aromatic N) is 4. The van der Waals surface area contributed by atoms with Crippen LogP contribution in [0.25, 0.3) is 11.4 Å². The molecule has 2 N–H and O–H groups in total. The van der Waals surface area contributed by atoms with Gasteiger partial charge >= 0.3 is 6.01 Å². The SMILES string of the molecule is CCOc1nc(OCC)c(C)c(-c2nc(N)ncc2C)n1. The molecule has 0 spiro atoms. The molecule has 2 heterocycles. The molecule has 0 atom stereocenters. The molecule has 0 unspecified atom stereocenters. The van der Waals surface area contributed by atoms with Crippen LogP contribution < -0.4 is 15.2 Å². The first-order valence-electron chi connectivity index (χ1n) is 6.80. The van der Waals surface area contributed by atoms with Crippen LogP contribution in [0.1, 0.15) is 25.0 Å². The van der Waals surface area contributed by atoms with Gasteiger partial charge < -0.3 is 15.2 Å². The van der Waals surface area contributed by atoms with Gasteiger partial charge in [0.15, 0.2) is 0 Å². The maximum atomic E-state index is 5.68. The zero-order chi connectivity index (χ0) is 15.4. The minimum absolute atomic E-state index is 0.199. The van der Waals surface area contributed by atoms with E-state index in [1.807, 2.05) is 27.7 Å². The molecule has 0 bridgehead atoms. The summed E-state index contributed by atoms with van der Waals surface area (Å²) in [7, 11) is 0. The van der Waals surface area contributed by atoms with Gasteiger partial charge in [0, 0.05) is 11.8 Å². The standard InChI is InChI=1S/C14H19N5O2/c1-5-20-12-9(4)11(18-14(19-12)21-6-2)10-8(3)7-16-13(15)17-10/h7H,5-6H2,1-4H3,(H2,15,16,17). The molecule has 7 nitrogen and oxygen atoms in total. The van der Waals surface area contributed by atoms with Crippen molar-refractivity contribution in [3.05, 3.63) is 17.3 Å². The van der Waals surface area contributed by atoms with Crippen LogP contribution in [0, 0.1) is 13.8 Å². The first-order chi connectivity index (χ1) is 10.1. The maximum Gasteiger partial charge on any atom is 0.320 e. The average molecular weight is 289 g/mol. The van der Waals surface area contributed by atoms with Crippen molar-refractivity contribution in [2.75, 3.05) is 18.9 Å². The highest BCUT2D eigenvalue weighted by Gasteiger charge is 2.17. The van der Waals surface area contributed by atoms with Crippen LogP contribution in [0.4, 0.5) is 5.95 Å². The second-order valence-corrected chi connectivity index (χ2v) is 4.41. The van der Waals surface area contributed by atoms with Gasteiger partial charge in [-0.05, 0) is 33.3 Å². The third-order valence-corrected chi connectivity index (χ3v) is 2.85. The summed E-state index contributed by atoms with van der Waals surface area (Å²) in [5.41, 5.74) is 8.64. The summed E-state index contributed by atoms with van der Waals surface area (Å²) >= 11 is 0. The molecule has 0 aliphatic carbocycles. The Morgan fingerprint density at radius 3 is 2.38 bits per heavy atom. The topological polar surface area (TPSA) is 96.0 Å². The lowest BCUT2D eigenvalue weighted by atomic mass is 10.1. The van der Waals surface area contributed by atoms with Crippen molar-refractivity contribution in [3.8, 4) is 23.3 Å². The number of nitrogens with two attached hydrogens (primary N) is 1. The first kappa shape index (κ1) is 15.0. The summed E-state index contributed by atoms with van der Waals surface area (Å²) in [6.45, 7) is 8.53. The minimum atomic E-state index is 0.199. The number of nitrogen functional groups attached to an aromatic ring is 1. The Hall–Kier alpha value is -2.44. The predicted octanol–water partition coefficient (Wildman–Crippen LogP) is 1.93. The molecule has 0 amide bonds. The van der Waals surface area contributed by atoms with E-state index in [0.29, 0.717) is 30.5 Å². The van der Waals surface area contributed by atoms with E-state index in [-0.39, 0.29) is 12.0 Å². The molecular weight excluding hydrogens is 270 g/mol. The molecule has 0 aliphatic rings. The number of hydrogen-bond donors (Lipinski definition) is 1. The molecule has 0 fully saturated rings. The van der Waals surface area contributed by atoms with Crippen molar-refractivity contribution in [2.45, 2.75) is 27.7 Å². The fraction of sp³-hybridized carbons (Fsp3) is 0.429. The molecule has 0 radical (unpaired) electrons. The van der Waals surface area contributed by atoms with Gasteiger partial charge in [0.2, 0.25) is 11.8 Å². The molecule has 0 aliphatic heterocycles. The Morgan fingerprint density at radius 1 is 1.00 bits per heavy atom. The van der Waals surface area contributed by atoms with Crippen LogP contribution in [0.3, 0.4) is 0 Å². The van der Waals surface area contributed by atoms with Gasteiger partial charge in [-0.25, -0.2) is 9.97 Å². The van der Waals surface area contributed by atoms with Gasteiger partial charge in [-0.3, -0.25) is 0 Å². The fourth-order valence-corrected chi connectivity index (χ4v) is 1.87. The van der Waals surface area contributed by atoms with E-state index in [0.717, 1.165) is 11.1 Å². The third kappa shape index (κ3) is 3.18. The van der Waals surface area contributed by atoms with Crippen molar-refractivity contribution in [3.63, 3.8) is 0 Å². The predicted molar refractivity (Wildman–Crippen MR) is 79.3 cm³/mol. The number of hydrogen-bond acceptors (Lipinski definition) is 7. The van der Waals surface area contributed by atoms with Gasteiger partial charge in [-0.2, -0.15) is 9.97 Å². The number of aromatic nitrogens is 4.